The first kappa shape index (κ1) is 16.4. The Bertz CT molecular complexity index is 728. The van der Waals surface area contributed by atoms with E-state index in [1.54, 1.807) is 25.3 Å². The number of carbonyl (C=O) groups is 1. The molecule has 1 amide bonds. The van der Waals surface area contributed by atoms with Gasteiger partial charge in [0.1, 0.15) is 11.5 Å². The Morgan fingerprint density at radius 3 is 2.54 bits per heavy atom. The first-order valence-electron chi connectivity index (χ1n) is 8.31. The Labute approximate surface area is 142 Å². The van der Waals surface area contributed by atoms with Gasteiger partial charge >= 0.3 is 0 Å². The van der Waals surface area contributed by atoms with Crippen LogP contribution < -0.4 is 10.5 Å². The second-order valence-electron chi connectivity index (χ2n) is 6.77. The molecule has 1 aromatic carbocycles. The number of anilines is 1. The lowest BCUT2D eigenvalue weighted by Crippen LogP contribution is -2.42. The number of likely N-dealkylation sites (tertiary alicyclic amines) is 1. The number of methoxy groups -OCH3 is 1. The van der Waals surface area contributed by atoms with Gasteiger partial charge in [-0.25, -0.2) is 0 Å². The van der Waals surface area contributed by atoms with Crippen molar-refractivity contribution in [3.63, 3.8) is 0 Å². The van der Waals surface area contributed by atoms with Crippen molar-refractivity contribution in [1.29, 1.82) is 0 Å². The van der Waals surface area contributed by atoms with Gasteiger partial charge in [-0.1, -0.05) is 13.8 Å². The van der Waals surface area contributed by atoms with Gasteiger partial charge in [0.05, 0.1) is 7.11 Å². The largest absolute Gasteiger partial charge is 0.497 e. The van der Waals surface area contributed by atoms with E-state index in [1.807, 2.05) is 17.0 Å². The van der Waals surface area contributed by atoms with Crippen molar-refractivity contribution < 1.29 is 13.9 Å². The normalized spacial score (nSPS) is 20.9. The Balaban J connectivity index is 1.81. The smallest absolute Gasteiger partial charge is 0.289 e. The van der Waals surface area contributed by atoms with Gasteiger partial charge < -0.3 is 19.8 Å². The summed E-state index contributed by atoms with van der Waals surface area (Å²) >= 11 is 0. The minimum atomic E-state index is -0.0493. The summed E-state index contributed by atoms with van der Waals surface area (Å²) in [6.07, 6.45) is 1.16. The molecule has 5 heteroatoms. The van der Waals surface area contributed by atoms with Crippen LogP contribution >= 0.6 is 0 Å². The van der Waals surface area contributed by atoms with Crippen molar-refractivity contribution in [3.05, 3.63) is 36.1 Å². The highest BCUT2D eigenvalue weighted by Gasteiger charge is 2.28. The third-order valence-electron chi connectivity index (χ3n) is 4.50. The zero-order valence-corrected chi connectivity index (χ0v) is 14.4. The lowest BCUT2D eigenvalue weighted by molar-refractivity contribution is 0.0592. The highest BCUT2D eigenvalue weighted by Crippen LogP contribution is 2.31. The van der Waals surface area contributed by atoms with Crippen LogP contribution in [0.1, 0.15) is 30.8 Å². The average Bonchev–Trinajstić information content (AvgIpc) is 3.02. The molecule has 1 aromatic heterocycles. The number of furan rings is 1. The van der Waals surface area contributed by atoms with Gasteiger partial charge in [0.2, 0.25) is 0 Å². The molecule has 1 aliphatic rings. The van der Waals surface area contributed by atoms with Gasteiger partial charge in [-0.15, -0.1) is 0 Å². The first-order valence-corrected chi connectivity index (χ1v) is 8.31. The van der Waals surface area contributed by atoms with Crippen LogP contribution in [0.15, 0.2) is 34.7 Å². The number of piperidine rings is 1. The second-order valence-corrected chi connectivity index (χ2v) is 6.77. The van der Waals surface area contributed by atoms with Gasteiger partial charge in [0.15, 0.2) is 5.76 Å². The summed E-state index contributed by atoms with van der Waals surface area (Å²) in [5, 5.41) is 0. The van der Waals surface area contributed by atoms with E-state index in [9.17, 15) is 4.79 Å². The molecule has 0 bridgehead atoms. The fourth-order valence-electron chi connectivity index (χ4n) is 3.47. The number of ether oxygens (including phenoxy) is 1. The van der Waals surface area contributed by atoms with E-state index in [0.29, 0.717) is 34.8 Å². The number of nitrogens with two attached hydrogens (primary N) is 1. The number of carbonyl (C=O) groups excluding carboxylic acids is 1. The molecule has 0 saturated carbocycles. The van der Waals surface area contributed by atoms with Crippen LogP contribution in [0.25, 0.3) is 11.3 Å². The lowest BCUT2D eigenvalue weighted by Gasteiger charge is -2.34. The van der Waals surface area contributed by atoms with Gasteiger partial charge in [0, 0.05) is 30.4 Å². The molecule has 0 radical (unpaired) electrons. The summed E-state index contributed by atoms with van der Waals surface area (Å²) in [6, 6.07) is 8.93. The van der Waals surface area contributed by atoms with Crippen LogP contribution in [-0.2, 0) is 0 Å². The molecule has 0 unspecified atom stereocenters. The predicted molar refractivity (Wildman–Crippen MR) is 94.0 cm³/mol. The van der Waals surface area contributed by atoms with E-state index in [1.165, 1.54) is 0 Å². The van der Waals surface area contributed by atoms with Crippen LogP contribution in [0, 0.1) is 11.8 Å². The number of nitrogens with zero attached hydrogens (tertiary/aromatic N) is 1. The number of amides is 1. The van der Waals surface area contributed by atoms with Gasteiger partial charge in [-0.3, -0.25) is 4.79 Å². The molecule has 5 nitrogen and oxygen atoms in total. The van der Waals surface area contributed by atoms with Crippen molar-refractivity contribution >= 4 is 11.6 Å². The minimum absolute atomic E-state index is 0.0493. The molecule has 128 valence electrons. The molecule has 1 saturated heterocycles. The van der Waals surface area contributed by atoms with Crippen molar-refractivity contribution in [3.8, 4) is 17.1 Å². The van der Waals surface area contributed by atoms with E-state index in [4.69, 9.17) is 14.9 Å². The Hall–Kier alpha value is -2.43. The average molecular weight is 328 g/mol. The standard InChI is InChI=1S/C19H24N2O3/c1-12-8-13(2)11-21(10-12)19(22)18-7-6-17(24-18)15-5-4-14(23-3)9-16(15)20/h4-7,9,12-13H,8,10-11,20H2,1-3H3/t12-,13-/m0/s1. The van der Waals surface area contributed by atoms with E-state index < -0.39 is 0 Å². The van der Waals surface area contributed by atoms with Crippen LogP contribution in [0.4, 0.5) is 5.69 Å². The van der Waals surface area contributed by atoms with Crippen LogP contribution in [0.3, 0.4) is 0 Å². The summed E-state index contributed by atoms with van der Waals surface area (Å²) in [4.78, 5) is 14.6. The number of hydrogen-bond acceptors (Lipinski definition) is 4. The molecule has 0 aliphatic carbocycles. The van der Waals surface area contributed by atoms with Gasteiger partial charge in [-0.2, -0.15) is 0 Å². The third-order valence-corrected chi connectivity index (χ3v) is 4.50. The third kappa shape index (κ3) is 3.25. The second kappa shape index (κ2) is 6.59. The maximum absolute atomic E-state index is 12.7. The molecular formula is C19H24N2O3. The Kier molecular flexibility index (Phi) is 4.51. The predicted octanol–water partition coefficient (Wildman–Crippen LogP) is 3.66. The van der Waals surface area contributed by atoms with E-state index >= 15 is 0 Å². The van der Waals surface area contributed by atoms with Crippen molar-refractivity contribution in [1.82, 2.24) is 4.90 Å². The molecule has 2 atom stereocenters. The topological polar surface area (TPSA) is 68.7 Å². The summed E-state index contributed by atoms with van der Waals surface area (Å²) in [5.74, 6) is 2.63. The molecule has 24 heavy (non-hydrogen) atoms. The SMILES string of the molecule is COc1ccc(-c2ccc(C(=O)N3C[C@@H](C)C[C@H](C)C3)o2)c(N)c1. The maximum atomic E-state index is 12.7. The fourth-order valence-corrected chi connectivity index (χ4v) is 3.47. The number of nitrogen functional groups attached to an aromatic ring is 1. The van der Waals surface area contributed by atoms with Crippen molar-refractivity contribution in [2.75, 3.05) is 25.9 Å². The number of hydrogen-bond donors (Lipinski definition) is 1. The highest BCUT2D eigenvalue weighted by molar-refractivity contribution is 5.92. The van der Waals surface area contributed by atoms with Crippen molar-refractivity contribution in [2.45, 2.75) is 20.3 Å². The zero-order valence-electron chi connectivity index (χ0n) is 14.4. The molecule has 2 N–H and O–H groups in total. The Morgan fingerprint density at radius 2 is 1.92 bits per heavy atom. The molecule has 2 heterocycles. The Morgan fingerprint density at radius 1 is 1.21 bits per heavy atom. The molecule has 3 rings (SSSR count). The minimum Gasteiger partial charge on any atom is -0.497 e. The fraction of sp³-hybridized carbons (Fsp3) is 0.421. The molecule has 1 fully saturated rings. The zero-order chi connectivity index (χ0) is 17.3. The molecular weight excluding hydrogens is 304 g/mol. The highest BCUT2D eigenvalue weighted by atomic mass is 16.5. The van der Waals surface area contributed by atoms with Crippen LogP contribution in [-0.4, -0.2) is 31.0 Å². The van der Waals surface area contributed by atoms with E-state index in [2.05, 4.69) is 13.8 Å². The number of benzene rings is 1. The lowest BCUT2D eigenvalue weighted by atomic mass is 9.92. The van der Waals surface area contributed by atoms with E-state index in [-0.39, 0.29) is 5.91 Å². The van der Waals surface area contributed by atoms with Gasteiger partial charge in [-0.05, 0) is 42.5 Å². The van der Waals surface area contributed by atoms with Crippen LogP contribution in [0.5, 0.6) is 5.75 Å². The van der Waals surface area contributed by atoms with Crippen LogP contribution in [0.2, 0.25) is 0 Å². The summed E-state index contributed by atoms with van der Waals surface area (Å²) < 4.78 is 11.0. The molecule has 0 spiro atoms. The molecule has 1 aliphatic heterocycles. The quantitative estimate of drug-likeness (QED) is 0.873. The summed E-state index contributed by atoms with van der Waals surface area (Å²) in [5.41, 5.74) is 7.38. The first-order chi connectivity index (χ1) is 11.5. The van der Waals surface area contributed by atoms with E-state index in [0.717, 1.165) is 25.1 Å². The monoisotopic (exact) mass is 328 g/mol. The number of rotatable bonds is 3. The van der Waals surface area contributed by atoms with Gasteiger partial charge in [0.25, 0.3) is 5.91 Å². The van der Waals surface area contributed by atoms with Crippen molar-refractivity contribution in [2.24, 2.45) is 11.8 Å². The molecule has 2 aromatic rings. The summed E-state index contributed by atoms with van der Waals surface area (Å²) in [6.45, 7) is 5.93. The maximum Gasteiger partial charge on any atom is 0.289 e. The summed E-state index contributed by atoms with van der Waals surface area (Å²) in [7, 11) is 1.60.